The number of fused-ring (bicyclic) bond motifs is 1. The monoisotopic (exact) mass is 462 g/mol. The lowest BCUT2D eigenvalue weighted by atomic mass is 9.88. The van der Waals surface area contributed by atoms with Crippen molar-refractivity contribution in [3.05, 3.63) is 45.6 Å². The lowest BCUT2D eigenvalue weighted by Crippen LogP contribution is -2.28. The second-order valence-electron chi connectivity index (χ2n) is 8.16. The van der Waals surface area contributed by atoms with Gasteiger partial charge < -0.3 is 10.1 Å². The molecular weight excluding hydrogens is 436 g/mol. The van der Waals surface area contributed by atoms with Crippen LogP contribution in [0.25, 0.3) is 0 Å². The van der Waals surface area contributed by atoms with E-state index in [4.69, 9.17) is 4.74 Å². The van der Waals surface area contributed by atoms with Gasteiger partial charge in [0.15, 0.2) is 6.61 Å². The Morgan fingerprint density at radius 2 is 2.03 bits per heavy atom. The van der Waals surface area contributed by atoms with Crippen LogP contribution in [0.5, 0.6) is 0 Å². The Labute approximate surface area is 186 Å². The number of sulfonamides is 1. The summed E-state index contributed by atoms with van der Waals surface area (Å²) in [5, 5.41) is 4.43. The van der Waals surface area contributed by atoms with Gasteiger partial charge in [0.2, 0.25) is 10.0 Å². The molecule has 1 aliphatic heterocycles. The standard InChI is InChI=1S/C22H26N2O5S2/c1-15-7-8-18-19(14-30-20(18)11-15)22(26)29-13-21(25)23-16-5-4-6-17(12-16)31(27,28)24-9-2-3-10-24/h4-6,12,14-15H,2-3,7-11,13H2,1H3,(H,23,25). The normalized spacial score (nSPS) is 19.1. The number of esters is 1. The minimum Gasteiger partial charge on any atom is -0.452 e. The topological polar surface area (TPSA) is 92.8 Å². The molecule has 7 nitrogen and oxygen atoms in total. The first-order valence-electron chi connectivity index (χ1n) is 10.5. The van der Waals surface area contributed by atoms with Crippen LogP contribution in [0, 0.1) is 5.92 Å². The molecule has 1 aromatic carbocycles. The number of ether oxygens (including phenoxy) is 1. The first kappa shape index (κ1) is 22.0. The molecule has 2 aliphatic rings. The van der Waals surface area contributed by atoms with Crippen LogP contribution < -0.4 is 5.32 Å². The van der Waals surface area contributed by atoms with Crippen LogP contribution in [0.15, 0.2) is 34.5 Å². The van der Waals surface area contributed by atoms with Crippen molar-refractivity contribution in [2.45, 2.75) is 43.9 Å². The molecule has 166 valence electrons. The maximum Gasteiger partial charge on any atom is 0.339 e. The van der Waals surface area contributed by atoms with Gasteiger partial charge in [-0.15, -0.1) is 11.3 Å². The highest BCUT2D eigenvalue weighted by Crippen LogP contribution is 2.33. The molecular formula is C22H26N2O5S2. The van der Waals surface area contributed by atoms with Gasteiger partial charge in [-0.1, -0.05) is 13.0 Å². The number of carbonyl (C=O) groups excluding carboxylic acids is 2. The fourth-order valence-corrected chi connectivity index (χ4v) is 6.86. The van der Waals surface area contributed by atoms with Crippen molar-refractivity contribution < 1.29 is 22.7 Å². The van der Waals surface area contributed by atoms with Gasteiger partial charge in [-0.05, 0) is 61.8 Å². The molecule has 2 heterocycles. The van der Waals surface area contributed by atoms with Crippen LogP contribution in [0.2, 0.25) is 0 Å². The highest BCUT2D eigenvalue weighted by atomic mass is 32.2. The smallest absolute Gasteiger partial charge is 0.339 e. The molecule has 0 saturated carbocycles. The summed E-state index contributed by atoms with van der Waals surface area (Å²) in [7, 11) is -3.57. The van der Waals surface area contributed by atoms with E-state index in [1.807, 2.05) is 5.38 Å². The number of carbonyl (C=O) groups is 2. The van der Waals surface area contributed by atoms with E-state index in [1.165, 1.54) is 21.3 Å². The molecule has 0 radical (unpaired) electrons. The Kier molecular flexibility index (Phi) is 6.45. The van der Waals surface area contributed by atoms with Crippen molar-refractivity contribution in [3.63, 3.8) is 0 Å². The quantitative estimate of drug-likeness (QED) is 0.664. The molecule has 1 saturated heterocycles. The summed E-state index contributed by atoms with van der Waals surface area (Å²) in [6.07, 6.45) is 4.58. The van der Waals surface area contributed by atoms with Crippen LogP contribution in [0.1, 0.15) is 47.0 Å². The highest BCUT2D eigenvalue weighted by molar-refractivity contribution is 7.89. The third kappa shape index (κ3) is 4.83. The van der Waals surface area contributed by atoms with Crippen molar-refractivity contribution >= 4 is 38.9 Å². The zero-order valence-electron chi connectivity index (χ0n) is 17.4. The minimum atomic E-state index is -3.57. The number of hydrogen-bond donors (Lipinski definition) is 1. The Balaban J connectivity index is 1.36. The van der Waals surface area contributed by atoms with Crippen LogP contribution in [0.3, 0.4) is 0 Å². The van der Waals surface area contributed by atoms with Gasteiger partial charge in [0, 0.05) is 29.0 Å². The fraction of sp³-hybridized carbons (Fsp3) is 0.455. The number of amides is 1. The number of benzene rings is 1. The van der Waals surface area contributed by atoms with E-state index < -0.39 is 28.5 Å². The molecule has 1 fully saturated rings. The summed E-state index contributed by atoms with van der Waals surface area (Å²) in [5.41, 5.74) is 1.95. The maximum absolute atomic E-state index is 12.7. The second-order valence-corrected chi connectivity index (χ2v) is 11.1. The van der Waals surface area contributed by atoms with E-state index in [-0.39, 0.29) is 4.90 Å². The van der Waals surface area contributed by atoms with Gasteiger partial charge in [0.1, 0.15) is 0 Å². The van der Waals surface area contributed by atoms with Gasteiger partial charge >= 0.3 is 5.97 Å². The molecule has 9 heteroatoms. The van der Waals surface area contributed by atoms with E-state index >= 15 is 0 Å². The summed E-state index contributed by atoms with van der Waals surface area (Å²) >= 11 is 1.57. The van der Waals surface area contributed by atoms with E-state index in [9.17, 15) is 18.0 Å². The van der Waals surface area contributed by atoms with E-state index in [1.54, 1.807) is 23.5 Å². The number of hydrogen-bond acceptors (Lipinski definition) is 6. The predicted molar refractivity (Wildman–Crippen MR) is 119 cm³/mol. The van der Waals surface area contributed by atoms with Gasteiger partial charge in [-0.3, -0.25) is 4.79 Å². The summed E-state index contributed by atoms with van der Waals surface area (Å²) < 4.78 is 32.1. The first-order chi connectivity index (χ1) is 14.8. The SMILES string of the molecule is CC1CCc2c(C(=O)OCC(=O)Nc3cccc(S(=O)(=O)N4CCCC4)c3)csc2C1. The van der Waals surface area contributed by atoms with Crippen molar-refractivity contribution in [1.82, 2.24) is 4.31 Å². The van der Waals surface area contributed by atoms with Gasteiger partial charge in [-0.2, -0.15) is 4.31 Å². The average molecular weight is 463 g/mol. The number of rotatable bonds is 6. The molecule has 0 bridgehead atoms. The summed E-state index contributed by atoms with van der Waals surface area (Å²) in [6, 6.07) is 6.15. The summed E-state index contributed by atoms with van der Waals surface area (Å²) in [5.74, 6) is -0.389. The van der Waals surface area contributed by atoms with Crippen LogP contribution in [0.4, 0.5) is 5.69 Å². The number of anilines is 1. The Hall–Kier alpha value is -2.23. The van der Waals surface area contributed by atoms with Crippen molar-refractivity contribution in [3.8, 4) is 0 Å². The molecule has 1 aliphatic carbocycles. The lowest BCUT2D eigenvalue weighted by molar-refractivity contribution is -0.119. The van der Waals surface area contributed by atoms with Crippen LogP contribution in [-0.2, 0) is 32.4 Å². The lowest BCUT2D eigenvalue weighted by Gasteiger charge is -2.18. The zero-order valence-corrected chi connectivity index (χ0v) is 19.1. The van der Waals surface area contributed by atoms with Crippen molar-refractivity contribution in [2.75, 3.05) is 25.0 Å². The van der Waals surface area contributed by atoms with Gasteiger partial charge in [0.25, 0.3) is 5.91 Å². The van der Waals surface area contributed by atoms with E-state index in [0.29, 0.717) is 30.3 Å². The molecule has 1 atom stereocenters. The Morgan fingerprint density at radius 3 is 2.81 bits per heavy atom. The Bertz CT molecular complexity index is 1090. The number of thiophene rings is 1. The fourth-order valence-electron chi connectivity index (χ4n) is 4.07. The molecule has 1 N–H and O–H groups in total. The number of nitrogens with one attached hydrogen (secondary N) is 1. The van der Waals surface area contributed by atoms with Crippen LogP contribution >= 0.6 is 11.3 Å². The maximum atomic E-state index is 12.7. The number of nitrogens with zero attached hydrogens (tertiary/aromatic N) is 1. The Morgan fingerprint density at radius 1 is 1.26 bits per heavy atom. The van der Waals surface area contributed by atoms with E-state index in [2.05, 4.69) is 12.2 Å². The van der Waals surface area contributed by atoms with E-state index in [0.717, 1.165) is 37.7 Å². The zero-order chi connectivity index (χ0) is 22.0. The average Bonchev–Trinajstić information content (AvgIpc) is 3.42. The predicted octanol–water partition coefficient (Wildman–Crippen LogP) is 3.45. The molecule has 2 aromatic rings. The van der Waals surface area contributed by atoms with Gasteiger partial charge in [-0.25, -0.2) is 13.2 Å². The molecule has 0 spiro atoms. The van der Waals surface area contributed by atoms with Crippen LogP contribution in [-0.4, -0.2) is 44.3 Å². The summed E-state index contributed by atoms with van der Waals surface area (Å²) in [6.45, 7) is 2.81. The molecule has 1 amide bonds. The molecule has 4 rings (SSSR count). The third-order valence-electron chi connectivity index (χ3n) is 5.78. The first-order valence-corrected chi connectivity index (χ1v) is 12.8. The van der Waals surface area contributed by atoms with Crippen molar-refractivity contribution in [2.24, 2.45) is 5.92 Å². The molecule has 31 heavy (non-hydrogen) atoms. The minimum absolute atomic E-state index is 0.142. The van der Waals surface area contributed by atoms with Gasteiger partial charge in [0.05, 0.1) is 10.5 Å². The summed E-state index contributed by atoms with van der Waals surface area (Å²) in [4.78, 5) is 26.1. The van der Waals surface area contributed by atoms with Crippen molar-refractivity contribution in [1.29, 1.82) is 0 Å². The highest BCUT2D eigenvalue weighted by Gasteiger charge is 2.27. The molecule has 1 aromatic heterocycles. The molecule has 1 unspecified atom stereocenters. The second kappa shape index (κ2) is 9.10. The third-order valence-corrected chi connectivity index (χ3v) is 8.72. The largest absolute Gasteiger partial charge is 0.452 e.